The first-order valence-electron chi connectivity index (χ1n) is 8.31. The molecule has 0 aliphatic rings. The van der Waals surface area contributed by atoms with Crippen molar-refractivity contribution >= 4 is 23.0 Å². The normalized spacial score (nSPS) is 10.6. The highest BCUT2D eigenvalue weighted by molar-refractivity contribution is 6.30. The average Bonchev–Trinajstić information content (AvgIpc) is 2.56. The van der Waals surface area contributed by atoms with Gasteiger partial charge in [0.2, 0.25) is 0 Å². The van der Waals surface area contributed by atoms with Crippen LogP contribution >= 0.6 is 11.6 Å². The van der Waals surface area contributed by atoms with E-state index < -0.39 is 0 Å². The summed E-state index contributed by atoms with van der Waals surface area (Å²) < 4.78 is 0. The highest BCUT2D eigenvalue weighted by Gasteiger charge is 2.21. The molecule has 0 amide bonds. The molecule has 2 aromatic carbocycles. The minimum Gasteiger partial charge on any atom is -0.396 e. The predicted octanol–water partition coefficient (Wildman–Crippen LogP) is 5.69. The number of hydrogen-bond donors (Lipinski definition) is 1. The fourth-order valence-electron chi connectivity index (χ4n) is 2.03. The maximum Gasteiger partial charge on any atom is 0.135 e. The summed E-state index contributed by atoms with van der Waals surface area (Å²) in [6, 6.07) is 16.1. The Morgan fingerprint density at radius 3 is 1.84 bits per heavy atom. The molecule has 2 rings (SSSR count). The van der Waals surface area contributed by atoms with Gasteiger partial charge in [0.15, 0.2) is 0 Å². The van der Waals surface area contributed by atoms with E-state index in [9.17, 15) is 4.79 Å². The van der Waals surface area contributed by atoms with Gasteiger partial charge in [-0.05, 0) is 49.1 Å². The molecule has 0 radical (unpaired) electrons. The van der Waals surface area contributed by atoms with Crippen LogP contribution in [0.15, 0.2) is 55.1 Å². The van der Waals surface area contributed by atoms with Crippen LogP contribution in [0.1, 0.15) is 43.9 Å². The van der Waals surface area contributed by atoms with E-state index in [0.717, 1.165) is 21.7 Å². The summed E-state index contributed by atoms with van der Waals surface area (Å²) >= 11 is 5.85. The van der Waals surface area contributed by atoms with E-state index in [0.29, 0.717) is 6.42 Å². The van der Waals surface area contributed by atoms with Crippen molar-refractivity contribution in [2.24, 2.45) is 5.41 Å². The van der Waals surface area contributed by atoms with Crippen LogP contribution in [0, 0.1) is 12.3 Å². The number of halogens is 1. The summed E-state index contributed by atoms with van der Waals surface area (Å²) in [6.07, 6.45) is 0.558. The summed E-state index contributed by atoms with van der Waals surface area (Å²) in [6.45, 7) is 11.5. The van der Waals surface area contributed by atoms with Crippen molar-refractivity contribution in [3.63, 3.8) is 0 Å². The molecule has 0 atom stereocenters. The van der Waals surface area contributed by atoms with Gasteiger partial charge >= 0.3 is 0 Å². The Hall–Kier alpha value is -1.90. The molecule has 0 saturated carbocycles. The van der Waals surface area contributed by atoms with Crippen LogP contribution < -0.4 is 0 Å². The molecular weight excluding hydrogens is 332 g/mol. The van der Waals surface area contributed by atoms with Gasteiger partial charge in [0.1, 0.15) is 5.78 Å². The van der Waals surface area contributed by atoms with Gasteiger partial charge < -0.3 is 5.11 Å². The lowest BCUT2D eigenvalue weighted by Crippen LogP contribution is -2.22. The second-order valence-electron chi connectivity index (χ2n) is 6.77. The first-order valence-corrected chi connectivity index (χ1v) is 8.69. The van der Waals surface area contributed by atoms with E-state index in [2.05, 4.69) is 37.8 Å². The Morgan fingerprint density at radius 2 is 1.48 bits per heavy atom. The van der Waals surface area contributed by atoms with Crippen LogP contribution in [0.4, 0.5) is 0 Å². The smallest absolute Gasteiger partial charge is 0.135 e. The minimum absolute atomic E-state index is 0.0899. The van der Waals surface area contributed by atoms with Crippen LogP contribution in [0.3, 0.4) is 0 Å². The molecule has 0 saturated heterocycles. The molecule has 3 heteroatoms. The lowest BCUT2D eigenvalue weighted by molar-refractivity contribution is -0.125. The molecule has 1 N–H and O–H groups in total. The van der Waals surface area contributed by atoms with Gasteiger partial charge in [0, 0.05) is 17.0 Å². The molecule has 0 heterocycles. The molecule has 0 aromatic heterocycles. The molecule has 0 spiro atoms. The third-order valence-electron chi connectivity index (χ3n) is 4.28. The summed E-state index contributed by atoms with van der Waals surface area (Å²) in [4.78, 5) is 10.7. The molecule has 2 nitrogen and oxygen atoms in total. The lowest BCUT2D eigenvalue weighted by Gasteiger charge is -2.18. The zero-order chi connectivity index (χ0) is 19.0. The van der Waals surface area contributed by atoms with Gasteiger partial charge in [0.25, 0.3) is 0 Å². The standard InChI is InChI=1S/C15H13Cl.C7H14O2/c1-11-3-5-13(6-4-11)12(2)14-7-9-15(16)10-8-14;1-6(9)7(2,3)4-5-8/h3-10H,2H2,1H3;8H,4-5H2,1-3H3. The summed E-state index contributed by atoms with van der Waals surface area (Å²) in [5.74, 6) is 0.136. The highest BCUT2D eigenvalue weighted by atomic mass is 35.5. The van der Waals surface area contributed by atoms with E-state index in [1.165, 1.54) is 5.56 Å². The Kier molecular flexibility index (Phi) is 8.08. The van der Waals surface area contributed by atoms with E-state index in [-0.39, 0.29) is 17.8 Å². The van der Waals surface area contributed by atoms with Gasteiger partial charge in [-0.25, -0.2) is 0 Å². The lowest BCUT2D eigenvalue weighted by atomic mass is 9.86. The molecular formula is C22H27ClO2. The van der Waals surface area contributed by atoms with Gasteiger partial charge in [-0.1, -0.05) is 74.0 Å². The number of rotatable bonds is 5. The number of Topliss-reactive ketones (excluding diaryl/α,β-unsaturated/α-hetero) is 1. The fraction of sp³-hybridized carbons (Fsp3) is 0.318. The van der Waals surface area contributed by atoms with Crippen molar-refractivity contribution in [3.05, 3.63) is 76.8 Å². The minimum atomic E-state index is -0.339. The van der Waals surface area contributed by atoms with Crippen molar-refractivity contribution in [2.45, 2.75) is 34.1 Å². The first kappa shape index (κ1) is 21.1. The summed E-state index contributed by atoms with van der Waals surface area (Å²) in [5.41, 5.74) is 4.19. The third-order valence-corrected chi connectivity index (χ3v) is 4.53. The topological polar surface area (TPSA) is 37.3 Å². The summed E-state index contributed by atoms with van der Waals surface area (Å²) in [5, 5.41) is 9.25. The van der Waals surface area contributed by atoms with Gasteiger partial charge in [-0.3, -0.25) is 4.79 Å². The monoisotopic (exact) mass is 358 g/mol. The fourth-order valence-corrected chi connectivity index (χ4v) is 2.15. The molecule has 2 aromatic rings. The van der Waals surface area contributed by atoms with Crippen molar-refractivity contribution in [3.8, 4) is 0 Å². The van der Waals surface area contributed by atoms with Crippen molar-refractivity contribution in [1.82, 2.24) is 0 Å². The number of ketones is 1. The zero-order valence-corrected chi connectivity index (χ0v) is 16.2. The number of aliphatic hydroxyl groups excluding tert-OH is 1. The first-order chi connectivity index (χ1) is 11.7. The van der Waals surface area contributed by atoms with E-state index in [1.807, 2.05) is 38.1 Å². The summed E-state index contributed by atoms with van der Waals surface area (Å²) in [7, 11) is 0. The van der Waals surface area contributed by atoms with Crippen molar-refractivity contribution in [1.29, 1.82) is 0 Å². The number of aryl methyl sites for hydroxylation is 1. The second kappa shape index (κ2) is 9.55. The molecule has 0 unspecified atom stereocenters. The third kappa shape index (κ3) is 6.85. The SMILES string of the molecule is C=C(c1ccc(C)cc1)c1ccc(Cl)cc1.CC(=O)C(C)(C)CCO. The molecule has 25 heavy (non-hydrogen) atoms. The molecule has 0 fully saturated rings. The van der Waals surface area contributed by atoms with Crippen LogP contribution in [0.5, 0.6) is 0 Å². The molecule has 0 aliphatic carbocycles. The number of aliphatic hydroxyl groups is 1. The predicted molar refractivity (Wildman–Crippen MR) is 107 cm³/mol. The van der Waals surface area contributed by atoms with Crippen LogP contribution in [0.25, 0.3) is 5.57 Å². The maximum atomic E-state index is 10.7. The van der Waals surface area contributed by atoms with Crippen molar-refractivity contribution < 1.29 is 9.90 Å². The Bertz CT molecular complexity index is 650. The van der Waals surface area contributed by atoms with E-state index >= 15 is 0 Å². The van der Waals surface area contributed by atoms with Crippen molar-refractivity contribution in [2.75, 3.05) is 6.61 Å². The van der Waals surface area contributed by atoms with Crippen LogP contribution in [-0.2, 0) is 4.79 Å². The number of carbonyl (C=O) groups is 1. The van der Waals surface area contributed by atoms with Gasteiger partial charge in [-0.15, -0.1) is 0 Å². The zero-order valence-electron chi connectivity index (χ0n) is 15.5. The quantitative estimate of drug-likeness (QED) is 0.745. The van der Waals surface area contributed by atoms with E-state index in [4.69, 9.17) is 16.7 Å². The molecule has 0 aliphatic heterocycles. The average molecular weight is 359 g/mol. The largest absolute Gasteiger partial charge is 0.396 e. The van der Waals surface area contributed by atoms with Gasteiger partial charge in [0.05, 0.1) is 0 Å². The Labute approximate surface area is 156 Å². The highest BCUT2D eigenvalue weighted by Crippen LogP contribution is 2.23. The number of carbonyl (C=O) groups excluding carboxylic acids is 1. The Morgan fingerprint density at radius 1 is 1.04 bits per heavy atom. The van der Waals surface area contributed by atoms with Gasteiger partial charge in [-0.2, -0.15) is 0 Å². The second-order valence-corrected chi connectivity index (χ2v) is 7.20. The molecule has 134 valence electrons. The maximum absolute atomic E-state index is 10.7. The number of benzene rings is 2. The molecule has 0 bridgehead atoms. The van der Waals surface area contributed by atoms with Crippen LogP contribution in [0.2, 0.25) is 5.02 Å². The number of hydrogen-bond acceptors (Lipinski definition) is 2. The van der Waals surface area contributed by atoms with Crippen LogP contribution in [-0.4, -0.2) is 17.5 Å². The Balaban J connectivity index is 0.000000299. The van der Waals surface area contributed by atoms with E-state index in [1.54, 1.807) is 6.92 Å².